The Morgan fingerprint density at radius 3 is 2.46 bits per heavy atom. The Bertz CT molecular complexity index is 635. The lowest BCUT2D eigenvalue weighted by atomic mass is 9.80. The van der Waals surface area contributed by atoms with Gasteiger partial charge < -0.3 is 34.7 Å². The van der Waals surface area contributed by atoms with E-state index in [0.717, 1.165) is 6.92 Å². The summed E-state index contributed by atoms with van der Waals surface area (Å²) < 4.78 is 38.5. The molecule has 0 amide bonds. The van der Waals surface area contributed by atoms with Crippen LogP contribution in [0.5, 0.6) is 0 Å². The summed E-state index contributed by atoms with van der Waals surface area (Å²) >= 11 is 0. The normalized spacial score (nSPS) is 32.0. The second-order valence-electron chi connectivity index (χ2n) is 6.40. The van der Waals surface area contributed by atoms with Crippen LogP contribution in [0, 0.1) is 18.3 Å². The minimum Gasteiger partial charge on any atom is -0.477 e. The molecular formula is C17H22F2O9. The van der Waals surface area contributed by atoms with Gasteiger partial charge in [0.25, 0.3) is 0 Å². The van der Waals surface area contributed by atoms with Gasteiger partial charge in [-0.3, -0.25) is 4.79 Å². The van der Waals surface area contributed by atoms with Crippen molar-refractivity contribution in [2.45, 2.75) is 62.6 Å². The fourth-order valence-corrected chi connectivity index (χ4v) is 2.88. The molecule has 0 aromatic carbocycles. The van der Waals surface area contributed by atoms with Gasteiger partial charge in [0.2, 0.25) is 0 Å². The summed E-state index contributed by atoms with van der Waals surface area (Å²) in [5, 5.41) is 38.3. The van der Waals surface area contributed by atoms with Crippen LogP contribution >= 0.6 is 0 Å². The topological polar surface area (TPSA) is 151 Å². The number of hydrogen-bond acceptors (Lipinski definition) is 8. The maximum Gasteiger partial charge on any atom is 0.372 e. The Morgan fingerprint density at radius 1 is 1.39 bits per heavy atom. The number of halogens is 2. The highest BCUT2D eigenvalue weighted by Gasteiger charge is 2.63. The van der Waals surface area contributed by atoms with Gasteiger partial charge in [0.1, 0.15) is 18.0 Å². The lowest BCUT2D eigenvalue weighted by molar-refractivity contribution is -0.304. The Morgan fingerprint density at radius 2 is 2.00 bits per heavy atom. The highest BCUT2D eigenvalue weighted by Crippen LogP contribution is 2.40. The van der Waals surface area contributed by atoms with Gasteiger partial charge >= 0.3 is 17.8 Å². The van der Waals surface area contributed by atoms with Crippen molar-refractivity contribution in [3.8, 4) is 12.3 Å². The zero-order valence-electron chi connectivity index (χ0n) is 15.0. The largest absolute Gasteiger partial charge is 0.477 e. The number of ketones is 1. The molecule has 4 N–H and O–H groups in total. The maximum atomic E-state index is 14.6. The van der Waals surface area contributed by atoms with E-state index in [9.17, 15) is 38.5 Å². The number of Topliss-reactive ketones (excluding diaryl/α,β-unsaturated/α-hetero) is 1. The lowest BCUT2D eigenvalue weighted by Crippen LogP contribution is -2.66. The molecule has 1 aliphatic heterocycles. The molecule has 5 unspecified atom stereocenters. The van der Waals surface area contributed by atoms with Crippen molar-refractivity contribution in [2.75, 3.05) is 6.61 Å². The van der Waals surface area contributed by atoms with E-state index >= 15 is 0 Å². The summed E-state index contributed by atoms with van der Waals surface area (Å²) in [6.45, 7) is 0.0448. The monoisotopic (exact) mass is 408 g/mol. The Balaban J connectivity index is 3.32. The molecule has 1 heterocycles. The van der Waals surface area contributed by atoms with E-state index in [0.29, 0.717) is 0 Å². The number of carboxylic acid groups (broad SMARTS) is 1. The first-order valence-electron chi connectivity index (χ1n) is 8.33. The van der Waals surface area contributed by atoms with Crippen molar-refractivity contribution in [1.29, 1.82) is 0 Å². The SMILES string of the molecule is C#CCCC(=O)O[C@@H](C1OC(F)(C(=O)O)C(F)C(O)C1CC(C)=O)[C@H](O)CO. The second kappa shape index (κ2) is 9.88. The predicted octanol–water partition coefficient (Wildman–Crippen LogP) is -0.892. The van der Waals surface area contributed by atoms with Gasteiger partial charge in [-0.05, 0) is 6.92 Å². The number of aliphatic carboxylic acids is 1. The fraction of sp³-hybridized carbons (Fsp3) is 0.706. The molecule has 0 aromatic rings. The summed E-state index contributed by atoms with van der Waals surface area (Å²) in [5.41, 5.74) is 0. The van der Waals surface area contributed by atoms with Crippen LogP contribution in [0.4, 0.5) is 8.78 Å². The van der Waals surface area contributed by atoms with Crippen molar-refractivity contribution in [3.05, 3.63) is 0 Å². The van der Waals surface area contributed by atoms with Crippen LogP contribution < -0.4 is 0 Å². The molecule has 28 heavy (non-hydrogen) atoms. The molecule has 0 saturated carbocycles. The van der Waals surface area contributed by atoms with Crippen LogP contribution in [-0.4, -0.2) is 81.2 Å². The van der Waals surface area contributed by atoms with E-state index in [4.69, 9.17) is 16.3 Å². The highest BCUT2D eigenvalue weighted by molar-refractivity contribution is 5.78. The fourth-order valence-electron chi connectivity index (χ4n) is 2.88. The number of esters is 1. The number of hydrogen-bond donors (Lipinski definition) is 4. The average Bonchev–Trinajstić information content (AvgIpc) is 2.63. The zero-order chi connectivity index (χ0) is 21.6. The van der Waals surface area contributed by atoms with Crippen molar-refractivity contribution < 1.29 is 53.1 Å². The van der Waals surface area contributed by atoms with Crippen molar-refractivity contribution in [2.24, 2.45) is 5.92 Å². The molecule has 158 valence electrons. The van der Waals surface area contributed by atoms with Crippen molar-refractivity contribution in [1.82, 2.24) is 0 Å². The molecule has 0 spiro atoms. The minimum absolute atomic E-state index is 0.0550. The quantitative estimate of drug-likeness (QED) is 0.281. The summed E-state index contributed by atoms with van der Waals surface area (Å²) in [7, 11) is 0. The van der Waals surface area contributed by atoms with Gasteiger partial charge in [-0.2, -0.15) is 4.39 Å². The van der Waals surface area contributed by atoms with E-state index in [1.807, 2.05) is 0 Å². The third kappa shape index (κ3) is 5.23. The number of terminal acetylenes is 1. The van der Waals surface area contributed by atoms with Gasteiger partial charge in [-0.15, -0.1) is 12.3 Å². The number of carbonyl (C=O) groups is 3. The number of carbonyl (C=O) groups excluding carboxylic acids is 2. The van der Waals surface area contributed by atoms with Crippen LogP contribution in [0.1, 0.15) is 26.2 Å². The third-order valence-corrected chi connectivity index (χ3v) is 4.27. The molecule has 1 rings (SSSR count). The van der Waals surface area contributed by atoms with Crippen molar-refractivity contribution in [3.63, 3.8) is 0 Å². The van der Waals surface area contributed by atoms with Crippen LogP contribution in [0.3, 0.4) is 0 Å². The van der Waals surface area contributed by atoms with Gasteiger partial charge in [0.05, 0.1) is 19.1 Å². The first kappa shape index (κ1) is 23.9. The Kier molecular flexibility index (Phi) is 8.44. The molecule has 0 radical (unpaired) electrons. The second-order valence-corrected chi connectivity index (χ2v) is 6.40. The number of rotatable bonds is 9. The van der Waals surface area contributed by atoms with Crippen molar-refractivity contribution >= 4 is 17.7 Å². The molecule has 1 saturated heterocycles. The minimum atomic E-state index is -4.03. The highest BCUT2D eigenvalue weighted by atomic mass is 19.2. The van der Waals surface area contributed by atoms with Gasteiger partial charge in [-0.25, -0.2) is 9.18 Å². The Hall–Kier alpha value is -2.13. The summed E-state index contributed by atoms with van der Waals surface area (Å²) in [6.07, 6.45) is -7.13. The van der Waals surface area contributed by atoms with Crippen LogP contribution in [-0.2, 0) is 23.9 Å². The number of carboxylic acids is 1. The van der Waals surface area contributed by atoms with Crippen LogP contribution in [0.2, 0.25) is 0 Å². The van der Waals surface area contributed by atoms with Crippen LogP contribution in [0.15, 0.2) is 0 Å². The first-order chi connectivity index (χ1) is 13.0. The summed E-state index contributed by atoms with van der Waals surface area (Å²) in [6, 6.07) is 0. The maximum absolute atomic E-state index is 14.6. The lowest BCUT2D eigenvalue weighted by Gasteiger charge is -2.45. The molecule has 11 heteroatoms. The van der Waals surface area contributed by atoms with Gasteiger partial charge in [0.15, 0.2) is 12.3 Å². The molecular weight excluding hydrogens is 386 g/mol. The average molecular weight is 408 g/mol. The molecule has 1 aliphatic rings. The summed E-state index contributed by atoms with van der Waals surface area (Å²) in [5.74, 6) is -7.44. The smallest absolute Gasteiger partial charge is 0.372 e. The molecule has 1 fully saturated rings. The van der Waals surface area contributed by atoms with E-state index in [1.54, 1.807) is 0 Å². The first-order valence-corrected chi connectivity index (χ1v) is 8.33. The van der Waals surface area contributed by atoms with Crippen LogP contribution in [0.25, 0.3) is 0 Å². The Labute approximate surface area is 159 Å². The zero-order valence-corrected chi connectivity index (χ0v) is 15.0. The number of alkyl halides is 2. The number of aliphatic hydroxyl groups is 3. The standard InChI is InChI=1S/C17H22F2O9/c1-3-4-5-11(23)27-14(10(22)7-20)13-9(6-8(2)21)12(24)15(18)17(19,28-13)16(25)26/h1,9-10,12-15,20,22,24H,4-7H2,2H3,(H,25,26)/t9?,10-,12?,13?,14-,15?,17?/m1/s1. The van der Waals surface area contributed by atoms with Gasteiger partial charge in [0, 0.05) is 18.8 Å². The van der Waals surface area contributed by atoms with Gasteiger partial charge in [-0.1, -0.05) is 0 Å². The van der Waals surface area contributed by atoms with E-state index < -0.39 is 73.1 Å². The molecule has 9 nitrogen and oxygen atoms in total. The number of aliphatic hydroxyl groups excluding tert-OH is 3. The molecule has 0 aromatic heterocycles. The molecule has 7 atom stereocenters. The van der Waals surface area contributed by atoms with E-state index in [-0.39, 0.29) is 12.8 Å². The third-order valence-electron chi connectivity index (χ3n) is 4.27. The molecule has 0 bridgehead atoms. The summed E-state index contributed by atoms with van der Waals surface area (Å²) in [4.78, 5) is 34.5. The molecule has 0 aliphatic carbocycles. The number of ether oxygens (including phenoxy) is 2. The predicted molar refractivity (Wildman–Crippen MR) is 87.1 cm³/mol. The van der Waals surface area contributed by atoms with E-state index in [2.05, 4.69) is 10.7 Å². The van der Waals surface area contributed by atoms with E-state index in [1.165, 1.54) is 0 Å².